The number of halogens is 1. The molecule has 1 saturated carbocycles. The monoisotopic (exact) mass is 434 g/mol. The molecule has 0 unspecified atom stereocenters. The van der Waals surface area contributed by atoms with Crippen LogP contribution in [0.25, 0.3) is 10.6 Å². The number of benzene rings is 2. The van der Waals surface area contributed by atoms with Crippen LogP contribution in [0.5, 0.6) is 0 Å². The molecule has 0 bridgehead atoms. The Hall–Kier alpha value is -2.26. The van der Waals surface area contributed by atoms with Crippen molar-refractivity contribution in [2.45, 2.75) is 22.1 Å². The minimum absolute atomic E-state index is 0.0308. The largest absolute Gasteiger partial charge is 0.480 e. The average molecular weight is 435 g/mol. The first-order valence-electron chi connectivity index (χ1n) is 8.36. The zero-order chi connectivity index (χ0) is 19.9. The van der Waals surface area contributed by atoms with Crippen molar-refractivity contribution in [3.05, 3.63) is 71.4 Å². The average Bonchev–Trinajstić information content (AvgIpc) is 3.17. The highest BCUT2D eigenvalue weighted by atomic mass is 35.5. The number of nitrogens with one attached hydrogen (secondary N) is 1. The van der Waals surface area contributed by atoms with Crippen molar-refractivity contribution >= 4 is 38.9 Å². The summed E-state index contributed by atoms with van der Waals surface area (Å²) < 4.78 is 28.1. The molecule has 0 aliphatic heterocycles. The number of carbonyl (C=O) groups is 1. The van der Waals surface area contributed by atoms with E-state index >= 15 is 0 Å². The van der Waals surface area contributed by atoms with E-state index < -0.39 is 27.4 Å². The highest BCUT2D eigenvalue weighted by molar-refractivity contribution is 7.91. The van der Waals surface area contributed by atoms with Gasteiger partial charge < -0.3 is 5.11 Å². The molecule has 144 valence electrons. The fourth-order valence-electron chi connectivity index (χ4n) is 3.14. The summed E-state index contributed by atoms with van der Waals surface area (Å²) in [6.45, 7) is 0. The number of hydrogen-bond acceptors (Lipinski definition) is 5. The van der Waals surface area contributed by atoms with Crippen LogP contribution in [0, 0.1) is 0 Å². The fourth-order valence-corrected chi connectivity index (χ4v) is 5.81. The van der Waals surface area contributed by atoms with Crippen LogP contribution in [0.1, 0.15) is 17.9 Å². The first-order chi connectivity index (χ1) is 13.3. The zero-order valence-electron chi connectivity index (χ0n) is 14.4. The molecule has 2 atom stereocenters. The lowest BCUT2D eigenvalue weighted by molar-refractivity contribution is -0.140. The Morgan fingerprint density at radius 1 is 1.18 bits per heavy atom. The third-order valence-electron chi connectivity index (χ3n) is 4.70. The van der Waals surface area contributed by atoms with Crippen LogP contribution in [0.4, 0.5) is 0 Å². The molecule has 9 heteroatoms. The van der Waals surface area contributed by atoms with Crippen molar-refractivity contribution in [2.24, 2.45) is 0 Å². The molecule has 1 aliphatic carbocycles. The summed E-state index contributed by atoms with van der Waals surface area (Å²) in [6.07, 6.45) is 1.45. The lowest BCUT2D eigenvalue weighted by Crippen LogP contribution is -2.44. The van der Waals surface area contributed by atoms with Crippen LogP contribution < -0.4 is 4.72 Å². The fraction of sp³-hybridized carbons (Fsp3) is 0.158. The number of carboxylic acid groups (broad SMARTS) is 1. The Kier molecular flexibility index (Phi) is 4.75. The van der Waals surface area contributed by atoms with Gasteiger partial charge in [0.25, 0.3) is 10.0 Å². The number of rotatable bonds is 6. The summed E-state index contributed by atoms with van der Waals surface area (Å²) in [5.41, 5.74) is -0.0129. The number of aliphatic carboxylic acids is 1. The van der Waals surface area contributed by atoms with Crippen molar-refractivity contribution < 1.29 is 18.3 Å². The molecule has 2 aromatic carbocycles. The zero-order valence-corrected chi connectivity index (χ0v) is 16.8. The third kappa shape index (κ3) is 3.44. The lowest BCUT2D eigenvalue weighted by atomic mass is 10.1. The van der Waals surface area contributed by atoms with Gasteiger partial charge in [0, 0.05) is 16.5 Å². The van der Waals surface area contributed by atoms with E-state index in [9.17, 15) is 18.3 Å². The molecule has 2 N–H and O–H groups in total. The Morgan fingerprint density at radius 2 is 1.86 bits per heavy atom. The number of aromatic nitrogens is 1. The number of sulfonamides is 1. The molecular formula is C19H15ClN2O4S2. The lowest BCUT2D eigenvalue weighted by Gasteiger charge is -2.14. The summed E-state index contributed by atoms with van der Waals surface area (Å²) in [5, 5.41) is 10.8. The second kappa shape index (κ2) is 6.97. The van der Waals surface area contributed by atoms with E-state index in [1.165, 1.54) is 6.20 Å². The summed E-state index contributed by atoms with van der Waals surface area (Å²) in [6, 6.07) is 15.9. The summed E-state index contributed by atoms with van der Waals surface area (Å²) in [4.78, 5) is 16.0. The predicted molar refractivity (Wildman–Crippen MR) is 107 cm³/mol. The Balaban J connectivity index is 1.60. The van der Waals surface area contributed by atoms with Gasteiger partial charge in [-0.15, -0.1) is 11.3 Å². The molecule has 6 nitrogen and oxygen atoms in total. The van der Waals surface area contributed by atoms with Crippen LogP contribution in [-0.2, 0) is 14.8 Å². The van der Waals surface area contributed by atoms with Crippen molar-refractivity contribution in [3.63, 3.8) is 0 Å². The molecule has 0 amide bonds. The Morgan fingerprint density at radius 3 is 2.50 bits per heavy atom. The number of hydrogen-bond donors (Lipinski definition) is 2. The van der Waals surface area contributed by atoms with Gasteiger partial charge in [-0.2, -0.15) is 4.72 Å². The van der Waals surface area contributed by atoms with Gasteiger partial charge >= 0.3 is 5.97 Å². The van der Waals surface area contributed by atoms with Gasteiger partial charge in [-0.3, -0.25) is 4.79 Å². The molecular weight excluding hydrogens is 420 g/mol. The quantitative estimate of drug-likeness (QED) is 0.615. The maximum Gasteiger partial charge on any atom is 0.325 e. The Labute approximate surface area is 170 Å². The van der Waals surface area contributed by atoms with Crippen LogP contribution in [0.3, 0.4) is 0 Å². The van der Waals surface area contributed by atoms with Crippen LogP contribution in [0.15, 0.2) is 65.0 Å². The third-order valence-corrected chi connectivity index (χ3v) is 7.97. The normalized spacial score (nSPS) is 21.4. The second-order valence-electron chi connectivity index (χ2n) is 6.54. The minimum atomic E-state index is -4.04. The topological polar surface area (TPSA) is 96.4 Å². The summed E-state index contributed by atoms with van der Waals surface area (Å²) in [7, 11) is -4.04. The second-order valence-corrected chi connectivity index (χ2v) is 9.92. The van der Waals surface area contributed by atoms with E-state index in [2.05, 4.69) is 9.71 Å². The van der Waals surface area contributed by atoms with Gasteiger partial charge in [0.15, 0.2) is 4.21 Å². The minimum Gasteiger partial charge on any atom is -0.480 e. The van der Waals surface area contributed by atoms with E-state index in [4.69, 9.17) is 11.6 Å². The van der Waals surface area contributed by atoms with Crippen LogP contribution in [-0.4, -0.2) is 30.0 Å². The highest BCUT2D eigenvalue weighted by Gasteiger charge is 2.63. The number of thiazole rings is 1. The highest BCUT2D eigenvalue weighted by Crippen LogP contribution is 2.52. The maximum absolute atomic E-state index is 12.8. The predicted octanol–water partition coefficient (Wildman–Crippen LogP) is 3.75. The van der Waals surface area contributed by atoms with E-state index in [0.717, 1.165) is 22.5 Å². The standard InChI is InChI=1S/C19H15ClN2O4S2/c20-14-8-6-13(7-9-14)17-21-11-16(27-17)28(25,26)22-19(18(23)24)10-15(19)12-4-2-1-3-5-12/h1-9,11,15,22H,10H2,(H,23,24)/t15-,19-/m0/s1. The maximum atomic E-state index is 12.8. The number of nitrogens with zero attached hydrogens (tertiary/aromatic N) is 1. The van der Waals surface area contributed by atoms with Crippen molar-refractivity contribution in [3.8, 4) is 10.6 Å². The molecule has 3 aromatic rings. The molecule has 1 aromatic heterocycles. The summed E-state index contributed by atoms with van der Waals surface area (Å²) >= 11 is 6.85. The van der Waals surface area contributed by atoms with Gasteiger partial charge in [-0.1, -0.05) is 54.1 Å². The molecule has 1 fully saturated rings. The smallest absolute Gasteiger partial charge is 0.325 e. The molecule has 28 heavy (non-hydrogen) atoms. The van der Waals surface area contributed by atoms with E-state index in [-0.39, 0.29) is 10.6 Å². The molecule has 0 radical (unpaired) electrons. The van der Waals surface area contributed by atoms with Crippen molar-refractivity contribution in [1.29, 1.82) is 0 Å². The number of carboxylic acids is 1. The molecule has 4 rings (SSSR count). The van der Waals surface area contributed by atoms with Crippen molar-refractivity contribution in [2.75, 3.05) is 0 Å². The van der Waals surface area contributed by atoms with Crippen LogP contribution in [0.2, 0.25) is 5.02 Å². The van der Waals surface area contributed by atoms with Gasteiger partial charge in [-0.05, 0) is 24.1 Å². The Bertz CT molecular complexity index is 1130. The van der Waals surface area contributed by atoms with E-state index in [0.29, 0.717) is 10.0 Å². The van der Waals surface area contributed by atoms with E-state index in [1.807, 2.05) is 6.07 Å². The molecule has 1 aliphatic rings. The molecule has 0 saturated heterocycles. The van der Waals surface area contributed by atoms with E-state index in [1.54, 1.807) is 48.5 Å². The first-order valence-corrected chi connectivity index (χ1v) is 11.0. The van der Waals surface area contributed by atoms with Gasteiger partial charge in [0.1, 0.15) is 10.5 Å². The summed E-state index contributed by atoms with van der Waals surface area (Å²) in [5.74, 6) is -1.60. The first kappa shape index (κ1) is 19.1. The van der Waals surface area contributed by atoms with Gasteiger partial charge in [0.05, 0.1) is 6.20 Å². The van der Waals surface area contributed by atoms with Gasteiger partial charge in [0.2, 0.25) is 0 Å². The SMILES string of the molecule is O=C(O)[C@]1(NS(=O)(=O)c2cnc(-c3ccc(Cl)cc3)s2)C[C@H]1c1ccccc1. The molecule has 0 spiro atoms. The molecule has 1 heterocycles. The van der Waals surface area contributed by atoms with Crippen molar-refractivity contribution in [1.82, 2.24) is 9.71 Å². The van der Waals surface area contributed by atoms with Crippen LogP contribution >= 0.6 is 22.9 Å². The van der Waals surface area contributed by atoms with Gasteiger partial charge in [-0.25, -0.2) is 13.4 Å².